The van der Waals surface area contributed by atoms with E-state index >= 15 is 0 Å². The summed E-state index contributed by atoms with van der Waals surface area (Å²) in [7, 11) is 0. The van der Waals surface area contributed by atoms with Crippen molar-refractivity contribution in [2.75, 3.05) is 18.6 Å². The van der Waals surface area contributed by atoms with E-state index in [0.717, 1.165) is 33.5 Å². The van der Waals surface area contributed by atoms with Crippen molar-refractivity contribution in [3.63, 3.8) is 0 Å². The number of aryl methyl sites for hydroxylation is 2. The van der Waals surface area contributed by atoms with E-state index in [2.05, 4.69) is 47.6 Å². The quantitative estimate of drug-likeness (QED) is 0.394. The number of thiazole rings is 1. The van der Waals surface area contributed by atoms with Crippen molar-refractivity contribution in [1.29, 1.82) is 0 Å². The molecule has 1 N–H and O–H groups in total. The Morgan fingerprint density at radius 2 is 1.82 bits per heavy atom. The molecule has 3 rings (SSSR count). The van der Waals surface area contributed by atoms with Gasteiger partial charge in [0.1, 0.15) is 0 Å². The predicted octanol–water partition coefficient (Wildman–Crippen LogP) is 5.67. The molecule has 0 saturated heterocycles. The molecular formula is C22H25N3O2S. The lowest BCUT2D eigenvalue weighted by Crippen LogP contribution is -1.99. The maximum absolute atomic E-state index is 5.65. The van der Waals surface area contributed by atoms with E-state index in [0.29, 0.717) is 13.2 Å². The summed E-state index contributed by atoms with van der Waals surface area (Å²) in [4.78, 5) is 4.64. The lowest BCUT2D eigenvalue weighted by atomic mass is 10.0. The van der Waals surface area contributed by atoms with Crippen LogP contribution in [0, 0.1) is 13.8 Å². The average molecular weight is 396 g/mol. The molecule has 3 aromatic rings. The summed E-state index contributed by atoms with van der Waals surface area (Å²) in [6.45, 7) is 9.29. The minimum Gasteiger partial charge on any atom is -0.490 e. The number of ether oxygens (including phenoxy) is 2. The van der Waals surface area contributed by atoms with Crippen LogP contribution in [0.15, 0.2) is 46.9 Å². The average Bonchev–Trinajstić information content (AvgIpc) is 3.13. The van der Waals surface area contributed by atoms with Crippen LogP contribution in [-0.4, -0.2) is 24.4 Å². The third kappa shape index (κ3) is 4.89. The summed E-state index contributed by atoms with van der Waals surface area (Å²) in [5.74, 6) is 1.46. The van der Waals surface area contributed by atoms with Crippen molar-refractivity contribution in [2.45, 2.75) is 27.7 Å². The summed E-state index contributed by atoms with van der Waals surface area (Å²) in [5, 5.41) is 7.10. The van der Waals surface area contributed by atoms with E-state index in [1.54, 1.807) is 6.21 Å². The highest BCUT2D eigenvalue weighted by molar-refractivity contribution is 7.14. The summed E-state index contributed by atoms with van der Waals surface area (Å²) >= 11 is 1.53. The third-order valence-corrected chi connectivity index (χ3v) is 4.85. The van der Waals surface area contributed by atoms with E-state index < -0.39 is 0 Å². The van der Waals surface area contributed by atoms with Crippen molar-refractivity contribution in [2.24, 2.45) is 5.10 Å². The number of hydrogen-bond acceptors (Lipinski definition) is 6. The Kier molecular flexibility index (Phi) is 6.66. The molecule has 0 bridgehead atoms. The molecule has 1 heterocycles. The Balaban J connectivity index is 1.70. The largest absolute Gasteiger partial charge is 0.490 e. The smallest absolute Gasteiger partial charge is 0.203 e. The molecule has 2 aromatic carbocycles. The lowest BCUT2D eigenvalue weighted by Gasteiger charge is -2.11. The first kappa shape index (κ1) is 19.9. The molecule has 0 saturated carbocycles. The van der Waals surface area contributed by atoms with E-state index in [1.807, 2.05) is 37.4 Å². The van der Waals surface area contributed by atoms with Gasteiger partial charge in [0.25, 0.3) is 0 Å². The van der Waals surface area contributed by atoms with E-state index in [9.17, 15) is 0 Å². The van der Waals surface area contributed by atoms with Crippen molar-refractivity contribution < 1.29 is 9.47 Å². The Labute approximate surface area is 170 Å². The highest BCUT2D eigenvalue weighted by Crippen LogP contribution is 2.29. The number of aromatic nitrogens is 1. The number of anilines is 1. The Bertz CT molecular complexity index is 966. The maximum atomic E-state index is 5.65. The van der Waals surface area contributed by atoms with Crippen LogP contribution in [0.3, 0.4) is 0 Å². The monoisotopic (exact) mass is 395 g/mol. The van der Waals surface area contributed by atoms with Gasteiger partial charge in [0.15, 0.2) is 11.5 Å². The van der Waals surface area contributed by atoms with Crippen LogP contribution >= 0.6 is 11.3 Å². The SMILES string of the molecule is CCOc1ccc(/C=N\Nc2nc(-c3ccc(C)cc3C)cs2)cc1OCC. The first-order valence-corrected chi connectivity index (χ1v) is 10.2. The van der Waals surface area contributed by atoms with E-state index in [1.165, 1.54) is 22.5 Å². The fourth-order valence-corrected chi connectivity index (χ4v) is 3.52. The first-order chi connectivity index (χ1) is 13.6. The fraction of sp³-hybridized carbons (Fsp3) is 0.273. The second-order valence-electron chi connectivity index (χ2n) is 6.30. The molecular weight excluding hydrogens is 370 g/mol. The zero-order valence-corrected chi connectivity index (χ0v) is 17.5. The highest BCUT2D eigenvalue weighted by Gasteiger charge is 2.07. The van der Waals surface area contributed by atoms with Crippen LogP contribution in [0.2, 0.25) is 0 Å². The third-order valence-electron chi connectivity index (χ3n) is 4.10. The predicted molar refractivity (Wildman–Crippen MR) is 117 cm³/mol. The molecule has 28 heavy (non-hydrogen) atoms. The Morgan fingerprint density at radius 1 is 1.04 bits per heavy atom. The lowest BCUT2D eigenvalue weighted by molar-refractivity contribution is 0.288. The number of hydrogen-bond donors (Lipinski definition) is 1. The van der Waals surface area contributed by atoms with Gasteiger partial charge in [-0.2, -0.15) is 5.10 Å². The molecule has 0 aliphatic carbocycles. The van der Waals surface area contributed by atoms with Gasteiger partial charge < -0.3 is 9.47 Å². The van der Waals surface area contributed by atoms with Gasteiger partial charge in [0.2, 0.25) is 5.13 Å². The summed E-state index contributed by atoms with van der Waals surface area (Å²) in [6, 6.07) is 12.2. The van der Waals surface area contributed by atoms with E-state index in [-0.39, 0.29) is 0 Å². The molecule has 0 amide bonds. The zero-order chi connectivity index (χ0) is 19.9. The minimum absolute atomic E-state index is 0.583. The van der Waals surface area contributed by atoms with Gasteiger partial charge in [-0.05, 0) is 57.0 Å². The standard InChI is InChI=1S/C22H25N3O2S/c1-5-26-20-10-8-17(12-21(20)27-6-2)13-23-25-22-24-19(14-28-22)18-9-7-15(3)11-16(18)4/h7-14H,5-6H2,1-4H3,(H,24,25)/b23-13-. The molecule has 0 unspecified atom stereocenters. The summed E-state index contributed by atoms with van der Waals surface area (Å²) in [5.41, 5.74) is 8.51. The number of hydrazone groups is 1. The van der Waals surface area contributed by atoms with Crippen molar-refractivity contribution >= 4 is 22.7 Å². The molecule has 146 valence electrons. The molecule has 0 atom stereocenters. The van der Waals surface area contributed by atoms with Crippen LogP contribution < -0.4 is 14.9 Å². The second kappa shape index (κ2) is 9.37. The second-order valence-corrected chi connectivity index (χ2v) is 7.16. The minimum atomic E-state index is 0.583. The van der Waals surface area contributed by atoms with Crippen molar-refractivity contribution in [3.05, 3.63) is 58.5 Å². The molecule has 0 fully saturated rings. The Hall–Kier alpha value is -2.86. The van der Waals surface area contributed by atoms with Gasteiger partial charge in [-0.3, -0.25) is 5.43 Å². The fourth-order valence-electron chi connectivity index (χ4n) is 2.86. The molecule has 0 spiro atoms. The normalized spacial score (nSPS) is 11.0. The summed E-state index contributed by atoms with van der Waals surface area (Å²) in [6.07, 6.45) is 1.75. The zero-order valence-electron chi connectivity index (χ0n) is 16.7. The van der Waals surface area contributed by atoms with Gasteiger partial charge in [-0.25, -0.2) is 4.98 Å². The number of nitrogens with zero attached hydrogens (tertiary/aromatic N) is 2. The molecule has 0 aliphatic heterocycles. The highest BCUT2D eigenvalue weighted by atomic mass is 32.1. The van der Waals surface area contributed by atoms with Crippen LogP contribution in [0.1, 0.15) is 30.5 Å². The molecule has 1 aromatic heterocycles. The van der Waals surface area contributed by atoms with Gasteiger partial charge >= 0.3 is 0 Å². The Morgan fingerprint density at radius 3 is 2.57 bits per heavy atom. The molecule has 0 aliphatic rings. The number of nitrogens with one attached hydrogen (secondary N) is 1. The van der Waals surface area contributed by atoms with Gasteiger partial charge in [-0.1, -0.05) is 23.8 Å². The van der Waals surface area contributed by atoms with Gasteiger partial charge in [0.05, 0.1) is 25.1 Å². The van der Waals surface area contributed by atoms with Crippen LogP contribution in [0.5, 0.6) is 11.5 Å². The molecule has 0 radical (unpaired) electrons. The van der Waals surface area contributed by atoms with E-state index in [4.69, 9.17) is 9.47 Å². The van der Waals surface area contributed by atoms with Crippen molar-refractivity contribution in [3.8, 4) is 22.8 Å². The number of rotatable bonds is 8. The summed E-state index contributed by atoms with van der Waals surface area (Å²) < 4.78 is 11.2. The van der Waals surface area contributed by atoms with Gasteiger partial charge in [0, 0.05) is 10.9 Å². The number of benzene rings is 2. The first-order valence-electron chi connectivity index (χ1n) is 9.32. The molecule has 5 nitrogen and oxygen atoms in total. The topological polar surface area (TPSA) is 55.7 Å². The maximum Gasteiger partial charge on any atom is 0.203 e. The molecule has 6 heteroatoms. The van der Waals surface area contributed by atoms with Gasteiger partial charge in [-0.15, -0.1) is 11.3 Å². The van der Waals surface area contributed by atoms with Crippen LogP contribution in [0.25, 0.3) is 11.3 Å². The van der Waals surface area contributed by atoms with Crippen molar-refractivity contribution in [1.82, 2.24) is 4.98 Å². The van der Waals surface area contributed by atoms with Crippen LogP contribution in [-0.2, 0) is 0 Å². The van der Waals surface area contributed by atoms with Crippen LogP contribution in [0.4, 0.5) is 5.13 Å².